The van der Waals surface area contributed by atoms with Crippen molar-refractivity contribution < 1.29 is 14.7 Å². The minimum atomic E-state index is -1.00. The van der Waals surface area contributed by atoms with Crippen LogP contribution in [0.4, 0.5) is 5.82 Å². The number of fused-ring (bicyclic) bond motifs is 2. The van der Waals surface area contributed by atoms with Crippen LogP contribution in [-0.4, -0.2) is 31.7 Å². The molecule has 0 fully saturated rings. The summed E-state index contributed by atoms with van der Waals surface area (Å²) in [6.07, 6.45) is 0.570. The first kappa shape index (κ1) is 17.8. The Kier molecular flexibility index (Phi) is 4.88. The molecule has 3 aromatic rings. The molecule has 1 atom stereocenters. The van der Waals surface area contributed by atoms with E-state index < -0.39 is 5.97 Å². The number of aryl methyl sites for hydroxylation is 1. The summed E-state index contributed by atoms with van der Waals surface area (Å²) >= 11 is 0. The van der Waals surface area contributed by atoms with Gasteiger partial charge < -0.3 is 10.4 Å². The quantitative estimate of drug-likeness (QED) is 0.704. The number of aromatic nitrogens is 3. The lowest BCUT2D eigenvalue weighted by Crippen LogP contribution is -2.14. The maximum Gasteiger partial charge on any atom is 0.303 e. The van der Waals surface area contributed by atoms with Gasteiger partial charge in [-0.1, -0.05) is 18.6 Å². The standard InChI is InChI=1S/C19H22N4O3/c1-4-12(3)23-19-14(10-13-9-11(2)5-6-15(13)20-19)18(22-23)21-16(24)7-8-17(25)26/h5-6,9-10,12H,4,7-8H2,1-3H3,(H,25,26)(H,21,22,24)/t12-/m1/s1. The number of amides is 1. The second-order valence-electron chi connectivity index (χ2n) is 6.55. The van der Waals surface area contributed by atoms with Crippen LogP contribution >= 0.6 is 0 Å². The molecule has 0 radical (unpaired) electrons. The van der Waals surface area contributed by atoms with Crippen molar-refractivity contribution in [2.24, 2.45) is 0 Å². The number of carbonyl (C=O) groups excluding carboxylic acids is 1. The highest BCUT2D eigenvalue weighted by atomic mass is 16.4. The van der Waals surface area contributed by atoms with Gasteiger partial charge in [0.2, 0.25) is 5.91 Å². The number of carboxylic acids is 1. The summed E-state index contributed by atoms with van der Waals surface area (Å²) < 4.78 is 1.82. The lowest BCUT2D eigenvalue weighted by molar-refractivity contribution is -0.138. The predicted octanol–water partition coefficient (Wildman–Crippen LogP) is 3.67. The zero-order valence-electron chi connectivity index (χ0n) is 15.1. The fourth-order valence-corrected chi connectivity index (χ4v) is 2.83. The third-order valence-electron chi connectivity index (χ3n) is 4.46. The number of pyridine rings is 1. The second kappa shape index (κ2) is 7.11. The summed E-state index contributed by atoms with van der Waals surface area (Å²) in [7, 11) is 0. The van der Waals surface area contributed by atoms with E-state index in [2.05, 4.69) is 17.3 Å². The average molecular weight is 354 g/mol. The molecule has 2 aromatic heterocycles. The molecule has 3 rings (SSSR count). The van der Waals surface area contributed by atoms with Gasteiger partial charge in [0.05, 0.1) is 23.4 Å². The highest BCUT2D eigenvalue weighted by Gasteiger charge is 2.18. The highest BCUT2D eigenvalue weighted by molar-refractivity contribution is 6.03. The van der Waals surface area contributed by atoms with Crippen molar-refractivity contribution in [1.29, 1.82) is 0 Å². The molecule has 26 heavy (non-hydrogen) atoms. The molecule has 0 aliphatic carbocycles. The molecular formula is C19H22N4O3. The maximum atomic E-state index is 12.1. The lowest BCUT2D eigenvalue weighted by atomic mass is 10.1. The van der Waals surface area contributed by atoms with E-state index in [0.29, 0.717) is 11.5 Å². The first-order chi connectivity index (χ1) is 12.4. The van der Waals surface area contributed by atoms with Gasteiger partial charge in [-0.25, -0.2) is 9.67 Å². The van der Waals surface area contributed by atoms with Crippen molar-refractivity contribution in [2.75, 3.05) is 5.32 Å². The Hall–Kier alpha value is -2.96. The second-order valence-corrected chi connectivity index (χ2v) is 6.55. The van der Waals surface area contributed by atoms with Crippen molar-refractivity contribution in [2.45, 2.75) is 46.1 Å². The van der Waals surface area contributed by atoms with Crippen molar-refractivity contribution in [3.05, 3.63) is 29.8 Å². The normalized spacial score (nSPS) is 12.4. The molecule has 0 spiro atoms. The minimum absolute atomic E-state index is 0.0901. The molecule has 2 heterocycles. The Labute approximate surface area is 151 Å². The molecule has 0 aliphatic rings. The molecule has 2 N–H and O–H groups in total. The first-order valence-corrected chi connectivity index (χ1v) is 8.70. The van der Waals surface area contributed by atoms with Crippen LogP contribution in [0.2, 0.25) is 0 Å². The van der Waals surface area contributed by atoms with Crippen molar-refractivity contribution in [1.82, 2.24) is 14.8 Å². The molecule has 0 bridgehead atoms. The van der Waals surface area contributed by atoms with Crippen molar-refractivity contribution in [3.8, 4) is 0 Å². The van der Waals surface area contributed by atoms with Gasteiger partial charge in [-0.3, -0.25) is 9.59 Å². The zero-order valence-corrected chi connectivity index (χ0v) is 15.1. The summed E-state index contributed by atoms with van der Waals surface area (Å²) in [5, 5.41) is 17.8. The summed E-state index contributed by atoms with van der Waals surface area (Å²) in [6, 6.07) is 8.13. The number of hydrogen-bond acceptors (Lipinski definition) is 4. The smallest absolute Gasteiger partial charge is 0.303 e. The Morgan fingerprint density at radius 2 is 2.04 bits per heavy atom. The van der Waals surface area contributed by atoms with Crippen LogP contribution in [0.5, 0.6) is 0 Å². The van der Waals surface area contributed by atoms with Crippen LogP contribution < -0.4 is 5.32 Å². The van der Waals surface area contributed by atoms with Gasteiger partial charge >= 0.3 is 5.97 Å². The van der Waals surface area contributed by atoms with E-state index in [1.54, 1.807) is 0 Å². The van der Waals surface area contributed by atoms with E-state index in [-0.39, 0.29) is 24.8 Å². The van der Waals surface area contributed by atoms with Gasteiger partial charge in [-0.2, -0.15) is 5.10 Å². The fourth-order valence-electron chi connectivity index (χ4n) is 2.83. The zero-order chi connectivity index (χ0) is 18.8. The number of nitrogens with zero attached hydrogens (tertiary/aromatic N) is 3. The van der Waals surface area contributed by atoms with E-state index in [9.17, 15) is 9.59 Å². The number of rotatable bonds is 6. The fraction of sp³-hybridized carbons (Fsp3) is 0.368. The van der Waals surface area contributed by atoms with E-state index in [4.69, 9.17) is 10.1 Å². The van der Waals surface area contributed by atoms with Crippen LogP contribution in [0.3, 0.4) is 0 Å². The first-order valence-electron chi connectivity index (χ1n) is 8.70. The van der Waals surface area contributed by atoms with Crippen LogP contribution in [0.25, 0.3) is 21.9 Å². The summed E-state index contributed by atoms with van der Waals surface area (Å²) in [5.41, 5.74) is 2.71. The molecule has 0 saturated heterocycles. The van der Waals surface area contributed by atoms with Crippen LogP contribution in [0.1, 0.15) is 44.7 Å². The summed E-state index contributed by atoms with van der Waals surface area (Å²) in [5.74, 6) is -0.947. The minimum Gasteiger partial charge on any atom is -0.481 e. The molecule has 7 heteroatoms. The predicted molar refractivity (Wildman–Crippen MR) is 100 cm³/mol. The molecule has 0 unspecified atom stereocenters. The van der Waals surface area contributed by atoms with Gasteiger partial charge in [0.25, 0.3) is 0 Å². The van der Waals surface area contributed by atoms with E-state index in [1.807, 2.05) is 42.8 Å². The molecule has 1 aromatic carbocycles. The van der Waals surface area contributed by atoms with Gasteiger partial charge in [-0.15, -0.1) is 0 Å². The van der Waals surface area contributed by atoms with E-state index >= 15 is 0 Å². The Bertz CT molecular complexity index is 993. The number of anilines is 1. The van der Waals surface area contributed by atoms with Gasteiger partial charge in [-0.05, 0) is 38.5 Å². The number of nitrogens with one attached hydrogen (secondary N) is 1. The van der Waals surface area contributed by atoms with Gasteiger partial charge in [0, 0.05) is 11.8 Å². The Balaban J connectivity index is 2.09. The van der Waals surface area contributed by atoms with E-state index in [1.165, 1.54) is 0 Å². The maximum absolute atomic E-state index is 12.1. The third-order valence-corrected chi connectivity index (χ3v) is 4.46. The number of carboxylic acid groups (broad SMARTS) is 1. The van der Waals surface area contributed by atoms with Crippen LogP contribution in [0.15, 0.2) is 24.3 Å². The largest absolute Gasteiger partial charge is 0.481 e. The topological polar surface area (TPSA) is 97.1 Å². The van der Waals surface area contributed by atoms with Gasteiger partial charge in [0.1, 0.15) is 0 Å². The van der Waals surface area contributed by atoms with Crippen molar-refractivity contribution >= 4 is 39.6 Å². The number of carbonyl (C=O) groups is 2. The molecule has 7 nitrogen and oxygen atoms in total. The lowest BCUT2D eigenvalue weighted by Gasteiger charge is -2.10. The molecule has 1 amide bonds. The number of aliphatic carboxylic acids is 1. The molecular weight excluding hydrogens is 332 g/mol. The molecule has 0 saturated carbocycles. The summed E-state index contributed by atoms with van der Waals surface area (Å²) in [6.45, 7) is 6.12. The average Bonchev–Trinajstić information content (AvgIpc) is 2.95. The van der Waals surface area contributed by atoms with Crippen molar-refractivity contribution in [3.63, 3.8) is 0 Å². The highest BCUT2D eigenvalue weighted by Crippen LogP contribution is 2.29. The van der Waals surface area contributed by atoms with Gasteiger partial charge in [0.15, 0.2) is 11.5 Å². The number of hydrogen-bond donors (Lipinski definition) is 2. The Morgan fingerprint density at radius 1 is 1.27 bits per heavy atom. The summed E-state index contributed by atoms with van der Waals surface area (Å²) in [4.78, 5) is 27.5. The van der Waals surface area contributed by atoms with Crippen LogP contribution in [0, 0.1) is 6.92 Å². The van der Waals surface area contributed by atoms with E-state index in [0.717, 1.165) is 28.3 Å². The van der Waals surface area contributed by atoms with Crippen LogP contribution in [-0.2, 0) is 9.59 Å². The third kappa shape index (κ3) is 3.51. The number of benzene rings is 1. The molecule has 136 valence electrons. The SMILES string of the molecule is CC[C@@H](C)n1nc(NC(=O)CCC(=O)O)c2cc3cc(C)ccc3nc21. The molecule has 0 aliphatic heterocycles. The monoisotopic (exact) mass is 354 g/mol. The Morgan fingerprint density at radius 3 is 2.73 bits per heavy atom.